The maximum atomic E-state index is 5.27. The Morgan fingerprint density at radius 3 is 2.79 bits per heavy atom. The molecule has 0 N–H and O–H groups in total. The normalized spacial score (nSPS) is 35.1. The highest BCUT2D eigenvalue weighted by molar-refractivity contribution is 4.91. The minimum Gasteiger partial charge on any atom is -0.305 e. The number of rotatable bonds is 4. The Morgan fingerprint density at radius 1 is 1.36 bits per heavy atom. The number of hydrogen-bond acceptors (Lipinski definition) is 1. The molecule has 0 aliphatic heterocycles. The van der Waals surface area contributed by atoms with Gasteiger partial charge in [-0.3, -0.25) is 0 Å². The molecule has 0 saturated heterocycles. The third kappa shape index (κ3) is 2.12. The van der Waals surface area contributed by atoms with Gasteiger partial charge in [-0.2, -0.15) is 0 Å². The van der Waals surface area contributed by atoms with Gasteiger partial charge in [0.2, 0.25) is 0 Å². The molecule has 3 atom stereocenters. The minimum absolute atomic E-state index is 0.900. The van der Waals surface area contributed by atoms with Gasteiger partial charge >= 0.3 is 0 Å². The second-order valence-corrected chi connectivity index (χ2v) is 5.15. The number of hydrogen-bond donors (Lipinski definition) is 0. The molecule has 3 unspecified atom stereocenters. The molecule has 0 aromatic carbocycles. The van der Waals surface area contributed by atoms with Crippen molar-refractivity contribution in [3.8, 4) is 12.3 Å². The summed E-state index contributed by atoms with van der Waals surface area (Å²) in [6.45, 7) is 2.35. The van der Waals surface area contributed by atoms with Gasteiger partial charge in [-0.1, -0.05) is 6.42 Å². The zero-order valence-electron chi connectivity index (χ0n) is 9.21. The van der Waals surface area contributed by atoms with Gasteiger partial charge in [0.1, 0.15) is 0 Å². The van der Waals surface area contributed by atoms with Crippen LogP contribution in [0.15, 0.2) is 0 Å². The average Bonchev–Trinajstić information content (AvgIpc) is 2.76. The number of fused-ring (bicyclic) bond motifs is 2. The van der Waals surface area contributed by atoms with Crippen LogP contribution in [0.3, 0.4) is 0 Å². The van der Waals surface area contributed by atoms with E-state index in [1.165, 1.54) is 32.2 Å². The summed E-state index contributed by atoms with van der Waals surface area (Å²) in [6, 6.07) is 0. The zero-order valence-corrected chi connectivity index (χ0v) is 9.21. The lowest BCUT2D eigenvalue weighted by Gasteiger charge is -2.26. The van der Waals surface area contributed by atoms with Crippen LogP contribution in [0.1, 0.15) is 32.1 Å². The van der Waals surface area contributed by atoms with Gasteiger partial charge in [0.15, 0.2) is 0 Å². The van der Waals surface area contributed by atoms with Gasteiger partial charge in [0, 0.05) is 19.5 Å². The predicted octanol–water partition coefficient (Wildman–Crippen LogP) is 2.38. The second-order valence-electron chi connectivity index (χ2n) is 5.15. The van der Waals surface area contributed by atoms with Crippen LogP contribution in [0.25, 0.3) is 0 Å². The van der Waals surface area contributed by atoms with Crippen molar-refractivity contribution in [2.24, 2.45) is 17.8 Å². The fraction of sp³-hybridized carbons (Fsp3) is 0.846. The van der Waals surface area contributed by atoms with Crippen molar-refractivity contribution >= 4 is 0 Å². The van der Waals surface area contributed by atoms with Crippen LogP contribution in [-0.2, 0) is 0 Å². The van der Waals surface area contributed by atoms with E-state index in [9.17, 15) is 0 Å². The number of nitrogens with zero attached hydrogens (tertiary/aromatic N) is 1. The van der Waals surface area contributed by atoms with Gasteiger partial charge < -0.3 is 4.90 Å². The Bertz CT molecular complexity index is 228. The molecule has 78 valence electrons. The highest BCUT2D eigenvalue weighted by Crippen LogP contribution is 2.48. The molecule has 14 heavy (non-hydrogen) atoms. The molecule has 0 amide bonds. The Kier molecular flexibility index (Phi) is 3.13. The first kappa shape index (κ1) is 10.1. The van der Waals surface area contributed by atoms with E-state index in [1.54, 1.807) is 0 Å². The van der Waals surface area contributed by atoms with Crippen molar-refractivity contribution in [3.05, 3.63) is 0 Å². The maximum absolute atomic E-state index is 5.27. The van der Waals surface area contributed by atoms with Crippen LogP contribution >= 0.6 is 0 Å². The lowest BCUT2D eigenvalue weighted by Crippen LogP contribution is -2.29. The Labute approximate surface area is 87.9 Å². The first-order valence-electron chi connectivity index (χ1n) is 5.91. The Morgan fingerprint density at radius 2 is 2.21 bits per heavy atom. The third-order valence-electron chi connectivity index (χ3n) is 4.07. The molecule has 2 saturated carbocycles. The Hall–Kier alpha value is -0.480. The van der Waals surface area contributed by atoms with Crippen molar-refractivity contribution in [2.75, 3.05) is 20.1 Å². The summed E-state index contributed by atoms with van der Waals surface area (Å²) >= 11 is 0. The van der Waals surface area contributed by atoms with Crippen molar-refractivity contribution in [1.82, 2.24) is 4.90 Å². The van der Waals surface area contributed by atoms with Crippen LogP contribution in [0.2, 0.25) is 0 Å². The predicted molar refractivity (Wildman–Crippen MR) is 59.9 cm³/mol. The molecule has 1 heteroatoms. The summed E-state index contributed by atoms with van der Waals surface area (Å²) in [4.78, 5) is 2.42. The number of terminal acetylenes is 1. The Balaban J connectivity index is 1.73. The summed E-state index contributed by atoms with van der Waals surface area (Å²) in [7, 11) is 2.21. The van der Waals surface area contributed by atoms with Gasteiger partial charge in [-0.25, -0.2) is 0 Å². The quantitative estimate of drug-likeness (QED) is 0.617. The fourth-order valence-corrected chi connectivity index (χ4v) is 3.35. The van der Waals surface area contributed by atoms with Crippen molar-refractivity contribution < 1.29 is 0 Å². The van der Waals surface area contributed by atoms with E-state index in [0.29, 0.717) is 0 Å². The summed E-state index contributed by atoms with van der Waals surface area (Å²) in [5.74, 6) is 5.82. The molecule has 2 fully saturated rings. The summed E-state index contributed by atoms with van der Waals surface area (Å²) in [6.07, 6.45) is 12.2. The average molecular weight is 191 g/mol. The standard InChI is InChI=1S/C13H21N/c1-3-4-7-14(2)10-13-9-11-5-6-12(13)8-11/h1,11-13H,4-10H2,2H3. The fourth-order valence-electron chi connectivity index (χ4n) is 3.35. The van der Waals surface area contributed by atoms with E-state index < -0.39 is 0 Å². The molecule has 2 aliphatic rings. The molecular weight excluding hydrogens is 170 g/mol. The zero-order chi connectivity index (χ0) is 9.97. The van der Waals surface area contributed by atoms with Gasteiger partial charge in [-0.05, 0) is 44.1 Å². The monoisotopic (exact) mass is 191 g/mol. The smallest absolute Gasteiger partial charge is 0.0214 e. The first-order valence-corrected chi connectivity index (χ1v) is 5.91. The summed E-state index contributed by atoms with van der Waals surface area (Å²) < 4.78 is 0. The van der Waals surface area contributed by atoms with Gasteiger partial charge in [0.05, 0.1) is 0 Å². The molecule has 1 nitrogen and oxygen atoms in total. The first-order chi connectivity index (χ1) is 6.79. The molecule has 0 aromatic heterocycles. The van der Waals surface area contributed by atoms with E-state index in [-0.39, 0.29) is 0 Å². The van der Waals surface area contributed by atoms with E-state index >= 15 is 0 Å². The molecule has 0 spiro atoms. The maximum Gasteiger partial charge on any atom is 0.0214 e. The molecule has 0 aromatic rings. The van der Waals surface area contributed by atoms with Crippen LogP contribution in [0.5, 0.6) is 0 Å². The van der Waals surface area contributed by atoms with E-state index in [4.69, 9.17) is 6.42 Å². The highest BCUT2D eigenvalue weighted by atomic mass is 15.1. The molecule has 0 radical (unpaired) electrons. The third-order valence-corrected chi connectivity index (χ3v) is 4.07. The second kappa shape index (κ2) is 4.36. The minimum atomic E-state index is 0.900. The summed E-state index contributed by atoms with van der Waals surface area (Å²) in [5.41, 5.74) is 0. The molecular formula is C13H21N. The van der Waals surface area contributed by atoms with E-state index in [1.807, 2.05) is 0 Å². The van der Waals surface area contributed by atoms with Gasteiger partial charge in [0.25, 0.3) is 0 Å². The van der Waals surface area contributed by atoms with E-state index in [0.717, 1.165) is 30.7 Å². The van der Waals surface area contributed by atoms with Crippen LogP contribution in [-0.4, -0.2) is 25.0 Å². The van der Waals surface area contributed by atoms with Crippen LogP contribution in [0.4, 0.5) is 0 Å². The largest absolute Gasteiger partial charge is 0.305 e. The molecule has 0 heterocycles. The molecule has 2 bridgehead atoms. The molecule has 2 aliphatic carbocycles. The lowest BCUT2D eigenvalue weighted by molar-refractivity contribution is 0.223. The highest BCUT2D eigenvalue weighted by Gasteiger charge is 2.39. The SMILES string of the molecule is C#CCCN(C)CC1CC2CCC1C2. The molecule has 2 rings (SSSR count). The summed E-state index contributed by atoms with van der Waals surface area (Å²) in [5, 5.41) is 0. The van der Waals surface area contributed by atoms with Gasteiger partial charge in [-0.15, -0.1) is 12.3 Å². The van der Waals surface area contributed by atoms with Crippen LogP contribution < -0.4 is 0 Å². The lowest BCUT2D eigenvalue weighted by atomic mass is 9.88. The van der Waals surface area contributed by atoms with Crippen LogP contribution in [0, 0.1) is 30.1 Å². The van der Waals surface area contributed by atoms with Crippen molar-refractivity contribution in [3.63, 3.8) is 0 Å². The topological polar surface area (TPSA) is 3.24 Å². The van der Waals surface area contributed by atoms with Crippen molar-refractivity contribution in [2.45, 2.75) is 32.1 Å². The van der Waals surface area contributed by atoms with E-state index in [2.05, 4.69) is 17.9 Å². The van der Waals surface area contributed by atoms with Crippen molar-refractivity contribution in [1.29, 1.82) is 0 Å².